The Morgan fingerprint density at radius 2 is 1.92 bits per heavy atom. The van der Waals surface area contributed by atoms with Gasteiger partial charge in [-0.25, -0.2) is 5.11 Å². The molecule has 0 aromatic carbocycles. The molecule has 3 heteroatoms. The predicted molar refractivity (Wildman–Crippen MR) is 46.6 cm³/mol. The van der Waals surface area contributed by atoms with Crippen LogP contribution in [0.15, 0.2) is 0 Å². The van der Waals surface area contributed by atoms with Gasteiger partial charge in [0.05, 0.1) is 19.8 Å². The van der Waals surface area contributed by atoms with Gasteiger partial charge in [0.25, 0.3) is 0 Å². The number of ether oxygens (including phenoxy) is 1. The van der Waals surface area contributed by atoms with Crippen LogP contribution >= 0.6 is 0 Å². The minimum absolute atomic E-state index is 0.0385. The monoisotopic (exact) mass is 172 g/mol. The zero-order valence-electron chi connectivity index (χ0n) is 7.95. The molecule has 0 saturated carbocycles. The van der Waals surface area contributed by atoms with Crippen molar-refractivity contribution in [2.75, 3.05) is 26.4 Å². The van der Waals surface area contributed by atoms with Crippen molar-refractivity contribution in [3.8, 4) is 0 Å². The minimum atomic E-state index is 0.0385. The van der Waals surface area contributed by atoms with Gasteiger partial charge in [0.2, 0.25) is 0 Å². The third-order valence-electron chi connectivity index (χ3n) is 2.41. The van der Waals surface area contributed by atoms with E-state index < -0.39 is 0 Å². The molecule has 0 N–H and O–H groups in total. The molecule has 0 amide bonds. The van der Waals surface area contributed by atoms with E-state index in [4.69, 9.17) is 4.74 Å². The summed E-state index contributed by atoms with van der Waals surface area (Å²) in [5, 5.41) is 10.3. The second-order valence-corrected chi connectivity index (χ2v) is 3.53. The Morgan fingerprint density at radius 1 is 1.33 bits per heavy atom. The first-order chi connectivity index (χ1) is 5.75. The van der Waals surface area contributed by atoms with Crippen LogP contribution in [0.1, 0.15) is 20.3 Å². The summed E-state index contributed by atoms with van der Waals surface area (Å²) in [6.07, 6.45) is 0.759. The molecule has 0 aromatic heterocycles. The van der Waals surface area contributed by atoms with Gasteiger partial charge < -0.3 is 4.74 Å². The highest BCUT2D eigenvalue weighted by Crippen LogP contribution is 2.12. The van der Waals surface area contributed by atoms with Crippen LogP contribution in [0, 0.1) is 0 Å². The summed E-state index contributed by atoms with van der Waals surface area (Å²) in [6.45, 7) is 6.89. The molecule has 3 nitrogen and oxygen atoms in total. The molecule has 1 saturated heterocycles. The zero-order chi connectivity index (χ0) is 8.97. The van der Waals surface area contributed by atoms with Gasteiger partial charge in [-0.15, -0.1) is 0 Å². The zero-order valence-corrected chi connectivity index (χ0v) is 7.95. The lowest BCUT2D eigenvalue weighted by atomic mass is 10.1. The molecule has 1 fully saturated rings. The quantitative estimate of drug-likeness (QED) is 0.634. The average molecular weight is 172 g/mol. The smallest absolute Gasteiger partial charge is 0.0834 e. The van der Waals surface area contributed by atoms with Crippen LogP contribution in [0.5, 0.6) is 0 Å². The number of hydrogen-bond acceptors (Lipinski definition) is 2. The number of nitrogens with zero attached hydrogens (tertiary/aromatic N) is 1. The van der Waals surface area contributed by atoms with E-state index in [2.05, 4.69) is 18.7 Å². The first-order valence-corrected chi connectivity index (χ1v) is 4.67. The molecule has 12 heavy (non-hydrogen) atoms. The van der Waals surface area contributed by atoms with E-state index in [1.165, 1.54) is 0 Å². The van der Waals surface area contributed by atoms with Gasteiger partial charge in [-0.05, 0) is 20.3 Å². The molecule has 1 rings (SSSR count). The van der Waals surface area contributed by atoms with Crippen LogP contribution in [-0.2, 0) is 9.84 Å². The van der Waals surface area contributed by atoms with Gasteiger partial charge in [0, 0.05) is 18.6 Å². The Labute approximate surface area is 74.3 Å². The lowest BCUT2D eigenvalue weighted by Gasteiger charge is -2.38. The molecule has 1 aliphatic heterocycles. The lowest BCUT2D eigenvalue weighted by molar-refractivity contribution is -0.0393. The van der Waals surface area contributed by atoms with Crippen LogP contribution in [0.25, 0.3) is 0 Å². The summed E-state index contributed by atoms with van der Waals surface area (Å²) < 4.78 is 5.38. The molecule has 0 aliphatic carbocycles. The molecule has 1 aliphatic rings. The maximum Gasteiger partial charge on any atom is 0.0834 e. The predicted octanol–water partition coefficient (Wildman–Crippen LogP) is 0.916. The first kappa shape index (κ1) is 9.96. The van der Waals surface area contributed by atoms with Crippen molar-refractivity contribution < 1.29 is 9.84 Å². The summed E-state index contributed by atoms with van der Waals surface area (Å²) in [7, 11) is 0. The topological polar surface area (TPSA) is 32.4 Å². The highest BCUT2D eigenvalue weighted by Gasteiger charge is 2.24. The van der Waals surface area contributed by atoms with Gasteiger partial charge in [0.1, 0.15) is 0 Å². The summed E-state index contributed by atoms with van der Waals surface area (Å²) in [6, 6.07) is 0.945. The number of morpholine rings is 1. The molecule has 71 valence electrons. The normalized spacial score (nSPS) is 32.2. The molecule has 0 bridgehead atoms. The third kappa shape index (κ3) is 2.44. The van der Waals surface area contributed by atoms with Crippen LogP contribution in [0.4, 0.5) is 0 Å². The maximum absolute atomic E-state index is 10.3. The highest BCUT2D eigenvalue weighted by molar-refractivity contribution is 4.77. The van der Waals surface area contributed by atoms with E-state index in [9.17, 15) is 5.11 Å². The van der Waals surface area contributed by atoms with Gasteiger partial charge in [0.15, 0.2) is 0 Å². The summed E-state index contributed by atoms with van der Waals surface area (Å²) in [5.41, 5.74) is 0. The molecule has 2 unspecified atom stereocenters. The third-order valence-corrected chi connectivity index (χ3v) is 2.41. The van der Waals surface area contributed by atoms with E-state index >= 15 is 0 Å². The Balaban J connectivity index is 2.34. The number of hydrogen-bond donors (Lipinski definition) is 0. The van der Waals surface area contributed by atoms with E-state index in [1.54, 1.807) is 0 Å². The fourth-order valence-electron chi connectivity index (χ4n) is 1.72. The molecule has 1 heterocycles. The van der Waals surface area contributed by atoms with Crippen LogP contribution in [-0.4, -0.2) is 43.3 Å². The van der Waals surface area contributed by atoms with Gasteiger partial charge in [-0.2, -0.15) is 0 Å². The Hall–Kier alpha value is -0.120. The molecular formula is C9H18NO2. The van der Waals surface area contributed by atoms with Crippen molar-refractivity contribution >= 4 is 0 Å². The summed E-state index contributed by atoms with van der Waals surface area (Å²) in [4.78, 5) is 2.36. The van der Waals surface area contributed by atoms with Crippen LogP contribution in [0.3, 0.4) is 0 Å². The van der Waals surface area contributed by atoms with Crippen molar-refractivity contribution in [1.29, 1.82) is 0 Å². The Morgan fingerprint density at radius 3 is 2.42 bits per heavy atom. The van der Waals surface area contributed by atoms with Crippen molar-refractivity contribution in [3.05, 3.63) is 0 Å². The van der Waals surface area contributed by atoms with Crippen molar-refractivity contribution in [1.82, 2.24) is 4.90 Å². The largest absolute Gasteiger partial charge is 0.378 e. The van der Waals surface area contributed by atoms with Crippen LogP contribution < -0.4 is 0 Å². The average Bonchev–Trinajstić information content (AvgIpc) is 2.04. The molecule has 0 aromatic rings. The lowest BCUT2D eigenvalue weighted by Crippen LogP contribution is -2.49. The fourth-order valence-corrected chi connectivity index (χ4v) is 1.72. The maximum atomic E-state index is 10.3. The Kier molecular flexibility index (Phi) is 3.98. The molecular weight excluding hydrogens is 154 g/mol. The van der Waals surface area contributed by atoms with Gasteiger partial charge in [-0.3, -0.25) is 4.90 Å². The van der Waals surface area contributed by atoms with E-state index in [1.807, 2.05) is 0 Å². The number of rotatable bonds is 3. The van der Waals surface area contributed by atoms with Crippen LogP contribution in [0.2, 0.25) is 0 Å². The van der Waals surface area contributed by atoms with E-state index in [0.717, 1.165) is 26.2 Å². The van der Waals surface area contributed by atoms with Gasteiger partial charge in [-0.1, -0.05) is 0 Å². The minimum Gasteiger partial charge on any atom is -0.378 e. The van der Waals surface area contributed by atoms with Crippen molar-refractivity contribution in [3.63, 3.8) is 0 Å². The first-order valence-electron chi connectivity index (χ1n) is 4.67. The summed E-state index contributed by atoms with van der Waals surface area (Å²) >= 11 is 0. The van der Waals surface area contributed by atoms with E-state index in [-0.39, 0.29) is 6.61 Å². The van der Waals surface area contributed by atoms with Gasteiger partial charge >= 0.3 is 0 Å². The second-order valence-electron chi connectivity index (χ2n) is 3.53. The van der Waals surface area contributed by atoms with E-state index in [0.29, 0.717) is 12.1 Å². The highest BCUT2D eigenvalue weighted by atomic mass is 16.5. The second kappa shape index (κ2) is 4.80. The molecule has 0 spiro atoms. The summed E-state index contributed by atoms with van der Waals surface area (Å²) in [5.74, 6) is 0. The Bertz CT molecular complexity index is 120. The molecule has 1 radical (unpaired) electrons. The standard InChI is InChI=1S/C9H18NO2/c1-8-6-12-7-9(2)10(8)4-3-5-11/h8-9H,3-7H2,1-2H3. The van der Waals surface area contributed by atoms with Crippen molar-refractivity contribution in [2.24, 2.45) is 0 Å². The van der Waals surface area contributed by atoms with Crippen molar-refractivity contribution in [2.45, 2.75) is 32.4 Å². The SMILES string of the molecule is CC1COCC(C)N1CCC[O]. The molecule has 2 atom stereocenters. The fraction of sp³-hybridized carbons (Fsp3) is 1.00.